The van der Waals surface area contributed by atoms with Crippen LogP contribution in [-0.2, 0) is 0 Å². The van der Waals surface area contributed by atoms with E-state index in [0.29, 0.717) is 0 Å². The summed E-state index contributed by atoms with van der Waals surface area (Å²) in [6, 6.07) is 56.9. The van der Waals surface area contributed by atoms with Crippen molar-refractivity contribution < 1.29 is 4.57 Å². The molecule has 5 aromatic carbocycles. The van der Waals surface area contributed by atoms with E-state index in [9.17, 15) is 0 Å². The Morgan fingerprint density at radius 1 is 0.488 bits per heavy atom. The van der Waals surface area contributed by atoms with Crippen molar-refractivity contribution in [1.82, 2.24) is 14.6 Å². The molecule has 4 heteroatoms. The molecule has 0 aliphatic rings. The maximum absolute atomic E-state index is 5.39. The summed E-state index contributed by atoms with van der Waals surface area (Å²) in [4.78, 5) is 5.33. The van der Waals surface area contributed by atoms with Gasteiger partial charge in [-0.15, -0.1) is 4.52 Å². The molecule has 3 heterocycles. The molecule has 0 unspecified atom stereocenters. The third kappa shape index (κ3) is 4.37. The standard InChI is InChI=1S/C39H27N4/c1-6-16-28(17-7-1)33-26-35(30-20-10-3-11-21-30)42(32-24-14-5-15-25-32)39-37(33)38-40-34(29-18-8-2-9-19-29)27-36(43(38)41-39)31-22-12-4-13-23-31/h1-27H/q+1. The molecule has 0 fully saturated rings. The Morgan fingerprint density at radius 3 is 1.60 bits per heavy atom. The number of aromatic nitrogens is 4. The first kappa shape index (κ1) is 24.9. The Kier molecular flexibility index (Phi) is 6.08. The summed E-state index contributed by atoms with van der Waals surface area (Å²) < 4.78 is 4.29. The quantitative estimate of drug-likeness (QED) is 0.200. The van der Waals surface area contributed by atoms with E-state index >= 15 is 0 Å². The Bertz CT molecular complexity index is 2190. The van der Waals surface area contributed by atoms with E-state index in [1.54, 1.807) is 0 Å². The average Bonchev–Trinajstić information content (AvgIpc) is 3.48. The Labute approximate surface area is 249 Å². The van der Waals surface area contributed by atoms with Crippen molar-refractivity contribution in [2.24, 2.45) is 0 Å². The van der Waals surface area contributed by atoms with E-state index < -0.39 is 0 Å². The number of benzene rings is 5. The van der Waals surface area contributed by atoms with Gasteiger partial charge in [-0.05, 0) is 29.8 Å². The highest BCUT2D eigenvalue weighted by molar-refractivity contribution is 6.03. The molecule has 0 aliphatic heterocycles. The normalized spacial score (nSPS) is 11.3. The highest BCUT2D eigenvalue weighted by Gasteiger charge is 2.29. The zero-order valence-electron chi connectivity index (χ0n) is 23.4. The lowest BCUT2D eigenvalue weighted by Gasteiger charge is -2.12. The van der Waals surface area contributed by atoms with Crippen LogP contribution in [0.15, 0.2) is 164 Å². The van der Waals surface area contributed by atoms with Crippen LogP contribution in [0.1, 0.15) is 0 Å². The molecular formula is C39H27N4+. The fraction of sp³-hybridized carbons (Fsp3) is 0. The smallest absolute Gasteiger partial charge is 0.226 e. The van der Waals surface area contributed by atoms with E-state index in [-0.39, 0.29) is 0 Å². The number of rotatable bonds is 5. The molecule has 0 bridgehead atoms. The maximum atomic E-state index is 5.39. The predicted molar refractivity (Wildman–Crippen MR) is 174 cm³/mol. The summed E-state index contributed by atoms with van der Waals surface area (Å²) in [5.41, 5.74) is 11.1. The zero-order valence-corrected chi connectivity index (χ0v) is 23.4. The van der Waals surface area contributed by atoms with Crippen molar-refractivity contribution in [3.05, 3.63) is 164 Å². The second kappa shape index (κ2) is 10.5. The minimum atomic E-state index is 0.818. The molecule has 8 rings (SSSR count). The number of nitrogens with zero attached hydrogens (tertiary/aromatic N) is 4. The molecule has 43 heavy (non-hydrogen) atoms. The molecule has 8 aromatic rings. The number of pyridine rings is 1. The van der Waals surface area contributed by atoms with Gasteiger partial charge in [0.25, 0.3) is 0 Å². The molecule has 0 radical (unpaired) electrons. The van der Waals surface area contributed by atoms with Gasteiger partial charge in [-0.3, -0.25) is 0 Å². The SMILES string of the molecule is c1ccc(-c2cc(-c3ccccc3)n3nc4c(c(-c5ccccc5)cc(-c5ccccc5)[n+]4-c4ccccc4)c3n2)cc1. The van der Waals surface area contributed by atoms with Crippen LogP contribution in [0.5, 0.6) is 0 Å². The fourth-order valence-electron chi connectivity index (χ4n) is 5.87. The van der Waals surface area contributed by atoms with Crippen LogP contribution in [-0.4, -0.2) is 14.6 Å². The molecule has 0 saturated carbocycles. The average molecular weight is 552 g/mol. The number of hydrogen-bond donors (Lipinski definition) is 0. The number of fused-ring (bicyclic) bond motifs is 3. The van der Waals surface area contributed by atoms with E-state index in [4.69, 9.17) is 10.1 Å². The van der Waals surface area contributed by atoms with Crippen molar-refractivity contribution >= 4 is 16.7 Å². The van der Waals surface area contributed by atoms with Gasteiger partial charge in [0.2, 0.25) is 0 Å². The molecule has 0 aliphatic carbocycles. The van der Waals surface area contributed by atoms with Crippen molar-refractivity contribution in [3.8, 4) is 50.6 Å². The summed E-state index contributed by atoms with van der Waals surface area (Å²) in [7, 11) is 0. The minimum absolute atomic E-state index is 0.818. The van der Waals surface area contributed by atoms with Gasteiger partial charge >= 0.3 is 5.65 Å². The van der Waals surface area contributed by atoms with E-state index in [0.717, 1.165) is 67.3 Å². The molecule has 0 amide bonds. The van der Waals surface area contributed by atoms with Gasteiger partial charge in [0.15, 0.2) is 5.65 Å². The van der Waals surface area contributed by atoms with Crippen LogP contribution in [0.3, 0.4) is 0 Å². The maximum Gasteiger partial charge on any atom is 0.366 e. The van der Waals surface area contributed by atoms with Crippen LogP contribution in [0.2, 0.25) is 0 Å². The van der Waals surface area contributed by atoms with Gasteiger partial charge in [0.1, 0.15) is 16.8 Å². The molecule has 0 spiro atoms. The van der Waals surface area contributed by atoms with Gasteiger partial charge < -0.3 is 0 Å². The Hall–Kier alpha value is -5.87. The van der Waals surface area contributed by atoms with Gasteiger partial charge in [-0.1, -0.05) is 140 Å². The van der Waals surface area contributed by atoms with Crippen LogP contribution in [0.4, 0.5) is 0 Å². The van der Waals surface area contributed by atoms with E-state index in [2.05, 4.69) is 150 Å². The van der Waals surface area contributed by atoms with E-state index in [1.807, 2.05) is 22.7 Å². The molecule has 202 valence electrons. The number of para-hydroxylation sites is 1. The summed E-state index contributed by atoms with van der Waals surface area (Å²) in [5, 5.41) is 6.40. The lowest BCUT2D eigenvalue weighted by Crippen LogP contribution is -2.35. The van der Waals surface area contributed by atoms with Crippen LogP contribution < -0.4 is 4.57 Å². The van der Waals surface area contributed by atoms with Gasteiger partial charge in [-0.25, -0.2) is 4.98 Å². The number of hydrogen-bond acceptors (Lipinski definition) is 2. The second-order valence-electron chi connectivity index (χ2n) is 10.5. The second-order valence-corrected chi connectivity index (χ2v) is 10.5. The molecule has 0 saturated heterocycles. The topological polar surface area (TPSA) is 34.1 Å². The van der Waals surface area contributed by atoms with Crippen LogP contribution in [0.25, 0.3) is 67.3 Å². The zero-order chi connectivity index (χ0) is 28.6. The van der Waals surface area contributed by atoms with Crippen LogP contribution in [0, 0.1) is 0 Å². The van der Waals surface area contributed by atoms with Crippen LogP contribution >= 0.6 is 0 Å². The fourth-order valence-corrected chi connectivity index (χ4v) is 5.87. The summed E-state index contributed by atoms with van der Waals surface area (Å²) >= 11 is 0. The summed E-state index contributed by atoms with van der Waals surface area (Å²) in [5.74, 6) is 0. The first-order chi connectivity index (χ1) is 21.3. The van der Waals surface area contributed by atoms with Crippen molar-refractivity contribution in [2.75, 3.05) is 0 Å². The third-order valence-electron chi connectivity index (χ3n) is 7.88. The van der Waals surface area contributed by atoms with Crippen molar-refractivity contribution in [3.63, 3.8) is 0 Å². The molecule has 0 N–H and O–H groups in total. The summed E-state index contributed by atoms with van der Waals surface area (Å²) in [6.07, 6.45) is 0. The van der Waals surface area contributed by atoms with Gasteiger partial charge in [-0.2, -0.15) is 4.57 Å². The van der Waals surface area contributed by atoms with Crippen molar-refractivity contribution in [1.29, 1.82) is 0 Å². The highest BCUT2D eigenvalue weighted by atomic mass is 15.3. The molecule has 3 aromatic heterocycles. The largest absolute Gasteiger partial charge is 0.366 e. The lowest BCUT2D eigenvalue weighted by molar-refractivity contribution is -0.557. The molecule has 0 atom stereocenters. The van der Waals surface area contributed by atoms with E-state index in [1.165, 1.54) is 0 Å². The third-order valence-corrected chi connectivity index (χ3v) is 7.88. The van der Waals surface area contributed by atoms with Gasteiger partial charge in [0.05, 0.1) is 16.5 Å². The molecular weight excluding hydrogens is 524 g/mol. The first-order valence-electron chi connectivity index (χ1n) is 14.4. The summed E-state index contributed by atoms with van der Waals surface area (Å²) in [6.45, 7) is 0. The Balaban J connectivity index is 1.59. The van der Waals surface area contributed by atoms with Gasteiger partial charge in [0, 0.05) is 22.3 Å². The first-order valence-corrected chi connectivity index (χ1v) is 14.4. The lowest BCUT2D eigenvalue weighted by atomic mass is 9.99. The Morgan fingerprint density at radius 2 is 1.00 bits per heavy atom. The molecule has 4 nitrogen and oxygen atoms in total. The predicted octanol–water partition coefficient (Wildman–Crippen LogP) is 8.83. The monoisotopic (exact) mass is 551 g/mol. The minimum Gasteiger partial charge on any atom is -0.226 e. The van der Waals surface area contributed by atoms with Crippen molar-refractivity contribution in [2.45, 2.75) is 0 Å². The highest BCUT2D eigenvalue weighted by Crippen LogP contribution is 2.36.